The average Bonchev–Trinajstić information content (AvgIpc) is 3.80. The molecule has 5 saturated heterocycles. The number of anilines is 2. The molecule has 3 atom stereocenters. The van der Waals surface area contributed by atoms with Crippen molar-refractivity contribution >= 4 is 56.8 Å². The monoisotopic (exact) mass is 910 g/mol. The maximum atomic E-state index is 17.0. The third kappa shape index (κ3) is 8.20. The number of piperidine rings is 2. The number of phenols is 1. The predicted molar refractivity (Wildman–Crippen MR) is 250 cm³/mol. The Kier molecular flexibility index (Phi) is 11.5. The van der Waals surface area contributed by atoms with Crippen LogP contribution in [0.5, 0.6) is 11.8 Å². The number of nitrogens with one attached hydrogen (secondary N) is 2. The van der Waals surface area contributed by atoms with Crippen LogP contribution in [-0.4, -0.2) is 149 Å². The molecule has 11 rings (SSSR count). The number of benzene rings is 3. The molecule has 2 aromatic heterocycles. The van der Waals surface area contributed by atoms with Gasteiger partial charge >= 0.3 is 6.01 Å². The van der Waals surface area contributed by atoms with E-state index in [9.17, 15) is 24.3 Å². The summed E-state index contributed by atoms with van der Waals surface area (Å²) in [4.78, 5) is 75.5. The van der Waals surface area contributed by atoms with E-state index < -0.39 is 35.5 Å². The highest BCUT2D eigenvalue weighted by molar-refractivity contribution is 6.23. The van der Waals surface area contributed by atoms with Crippen molar-refractivity contribution < 1.29 is 33.4 Å². The van der Waals surface area contributed by atoms with Gasteiger partial charge in [-0.25, -0.2) is 4.39 Å². The van der Waals surface area contributed by atoms with E-state index in [2.05, 4.69) is 37.2 Å². The number of aromatic nitrogens is 3. The zero-order chi connectivity index (χ0) is 45.9. The van der Waals surface area contributed by atoms with E-state index in [4.69, 9.17) is 19.7 Å². The highest BCUT2D eigenvalue weighted by Crippen LogP contribution is 2.39. The Bertz CT molecular complexity index is 2800. The molecule has 6 aliphatic rings. The fourth-order valence-corrected chi connectivity index (χ4v) is 11.3. The average molecular weight is 911 g/mol. The van der Waals surface area contributed by atoms with Crippen LogP contribution in [0.3, 0.4) is 0 Å². The van der Waals surface area contributed by atoms with Gasteiger partial charge in [-0.2, -0.15) is 9.97 Å². The largest absolute Gasteiger partial charge is 0.508 e. The van der Waals surface area contributed by atoms with Gasteiger partial charge in [-0.05, 0) is 104 Å². The first-order valence-electron chi connectivity index (χ1n) is 23.9. The summed E-state index contributed by atoms with van der Waals surface area (Å²) in [6.45, 7) is 10.9. The third-order valence-electron chi connectivity index (χ3n) is 14.9. The van der Waals surface area contributed by atoms with Crippen LogP contribution in [0.25, 0.3) is 32.9 Å². The van der Waals surface area contributed by atoms with Crippen LogP contribution in [0.2, 0.25) is 0 Å². The van der Waals surface area contributed by atoms with E-state index in [0.717, 1.165) is 118 Å². The second kappa shape index (κ2) is 17.7. The number of halogens is 1. The first-order chi connectivity index (χ1) is 32.6. The van der Waals surface area contributed by atoms with Gasteiger partial charge in [0.15, 0.2) is 5.82 Å². The van der Waals surface area contributed by atoms with Crippen molar-refractivity contribution in [2.24, 2.45) is 5.92 Å². The molecule has 0 saturated carbocycles. The first kappa shape index (κ1) is 43.3. The van der Waals surface area contributed by atoms with Gasteiger partial charge in [-0.3, -0.25) is 44.2 Å². The van der Waals surface area contributed by atoms with E-state index in [1.54, 1.807) is 30.5 Å². The quantitative estimate of drug-likeness (QED) is 0.158. The number of hydrogen-bond acceptors (Lipinski definition) is 14. The highest BCUT2D eigenvalue weighted by Gasteiger charge is 2.45. The Morgan fingerprint density at radius 3 is 2.36 bits per heavy atom. The van der Waals surface area contributed by atoms with Crippen molar-refractivity contribution in [3.8, 4) is 23.0 Å². The predicted octanol–water partition coefficient (Wildman–Crippen LogP) is 4.51. The number of fused-ring (bicyclic) bond motifs is 5. The van der Waals surface area contributed by atoms with Gasteiger partial charge in [0.1, 0.15) is 35.4 Å². The molecule has 67 heavy (non-hydrogen) atoms. The molecule has 0 spiro atoms. The number of aromatic hydroxyl groups is 1. The van der Waals surface area contributed by atoms with E-state index in [0.29, 0.717) is 53.5 Å². The molecule has 348 valence electrons. The van der Waals surface area contributed by atoms with E-state index in [1.807, 2.05) is 24.3 Å². The first-order valence-corrected chi connectivity index (χ1v) is 23.9. The summed E-state index contributed by atoms with van der Waals surface area (Å²) in [7, 11) is 0. The molecule has 3 unspecified atom stereocenters. The van der Waals surface area contributed by atoms with Crippen LogP contribution in [0.15, 0.2) is 54.7 Å². The minimum absolute atomic E-state index is 0.0422. The van der Waals surface area contributed by atoms with E-state index in [1.165, 1.54) is 0 Å². The fraction of sp³-hybridized carbons (Fsp3) is 0.460. The Balaban J connectivity index is 0.714. The highest BCUT2D eigenvalue weighted by atomic mass is 19.1. The fourth-order valence-electron chi connectivity index (χ4n) is 11.3. The Morgan fingerprint density at radius 2 is 1.60 bits per heavy atom. The number of piperazine rings is 2. The Hall–Kier alpha value is -6.30. The van der Waals surface area contributed by atoms with Crippen molar-refractivity contribution in [3.63, 3.8) is 0 Å². The SMILES string of the molecule is CCc1cccc2cc(O)cc(-c3ncc4c(N5CC6CCC(C5)N6)nc(OCCN5CCC(CN6CCN(c7ccc8c(c7)C(=O)N(C7CCC(=O)NC7=O)C8=O)CC6)CC5)nc4c3F)c12. The van der Waals surface area contributed by atoms with Gasteiger partial charge < -0.3 is 25.0 Å². The lowest BCUT2D eigenvalue weighted by molar-refractivity contribution is -0.136. The molecule has 3 N–H and O–H groups in total. The number of ether oxygens (including phenoxy) is 1. The minimum Gasteiger partial charge on any atom is -0.508 e. The summed E-state index contributed by atoms with van der Waals surface area (Å²) < 4.78 is 23.3. The lowest BCUT2D eigenvalue weighted by Gasteiger charge is -2.39. The molecular formula is C50H55FN10O6. The molecule has 5 fully saturated rings. The van der Waals surface area contributed by atoms with E-state index in [-0.39, 0.29) is 41.4 Å². The van der Waals surface area contributed by atoms with Gasteiger partial charge in [0, 0.05) is 88.3 Å². The molecule has 2 bridgehead atoms. The molecule has 16 nitrogen and oxygen atoms in total. The summed E-state index contributed by atoms with van der Waals surface area (Å²) in [5.74, 6) is -1.32. The van der Waals surface area contributed by atoms with Crippen molar-refractivity contribution in [2.45, 2.75) is 70.0 Å². The number of rotatable bonds is 11. The lowest BCUT2D eigenvalue weighted by Crippen LogP contribution is -2.54. The molecule has 17 heteroatoms. The third-order valence-corrected chi connectivity index (χ3v) is 14.9. The molecule has 8 heterocycles. The van der Waals surface area contributed by atoms with Crippen molar-refractivity contribution in [2.75, 3.05) is 81.9 Å². The second-order valence-corrected chi connectivity index (χ2v) is 19.0. The number of likely N-dealkylation sites (tertiary alicyclic amines) is 1. The van der Waals surface area contributed by atoms with Gasteiger partial charge in [-0.15, -0.1) is 0 Å². The Labute approximate surface area is 387 Å². The molecular weight excluding hydrogens is 856 g/mol. The maximum absolute atomic E-state index is 17.0. The van der Waals surface area contributed by atoms with Gasteiger partial charge in [0.2, 0.25) is 11.8 Å². The number of carbonyl (C=O) groups is 4. The molecule has 0 radical (unpaired) electrons. The van der Waals surface area contributed by atoms with Crippen molar-refractivity contribution in [1.82, 2.24) is 40.3 Å². The molecule has 5 aromatic rings. The van der Waals surface area contributed by atoms with Crippen LogP contribution in [0, 0.1) is 11.7 Å². The number of pyridine rings is 1. The number of phenolic OH excluding ortho intramolecular Hbond substituents is 1. The standard InChI is InChI=1S/C50H55FN10O6/c1-2-30-4-3-5-31-22-35(62)24-38(42(30)31)44-43(51)45-39(25-52-44)46(60-27-32-6-7-33(28-60)53-32)56-50(55-45)67-21-20-57-14-12-29(13-15-57)26-58-16-18-59(19-17-58)34-8-9-36-37(23-34)49(66)61(48(36)65)40-10-11-41(63)54-47(40)64/h3-5,8-9,22-25,29,32-33,40,53,62H,2,6-7,10-21,26-28H2,1H3,(H,54,63,64). The van der Waals surface area contributed by atoms with E-state index >= 15 is 4.39 Å². The van der Waals surface area contributed by atoms with Crippen LogP contribution < -0.4 is 25.2 Å². The van der Waals surface area contributed by atoms with Gasteiger partial charge in [0.05, 0.1) is 16.5 Å². The zero-order valence-corrected chi connectivity index (χ0v) is 37.7. The smallest absolute Gasteiger partial charge is 0.319 e. The topological polar surface area (TPSA) is 177 Å². The summed E-state index contributed by atoms with van der Waals surface area (Å²) in [6, 6.07) is 14.3. The number of aryl methyl sites for hydroxylation is 1. The molecule has 6 aliphatic heterocycles. The Morgan fingerprint density at radius 1 is 0.821 bits per heavy atom. The molecule has 3 aromatic carbocycles. The van der Waals surface area contributed by atoms with Crippen LogP contribution in [0.1, 0.15) is 71.7 Å². The van der Waals surface area contributed by atoms with Crippen LogP contribution in [-0.2, 0) is 16.0 Å². The van der Waals surface area contributed by atoms with Gasteiger partial charge in [0.25, 0.3) is 11.8 Å². The minimum atomic E-state index is -0.983. The number of imide groups is 2. The van der Waals surface area contributed by atoms with Gasteiger partial charge in [-0.1, -0.05) is 25.1 Å². The lowest BCUT2D eigenvalue weighted by atomic mass is 9.95. The van der Waals surface area contributed by atoms with Crippen LogP contribution in [0.4, 0.5) is 15.9 Å². The van der Waals surface area contributed by atoms with Crippen molar-refractivity contribution in [1.29, 1.82) is 0 Å². The summed E-state index contributed by atoms with van der Waals surface area (Å²) >= 11 is 0. The zero-order valence-electron chi connectivity index (χ0n) is 37.7. The summed E-state index contributed by atoms with van der Waals surface area (Å²) in [5, 5.41) is 18.9. The maximum Gasteiger partial charge on any atom is 0.319 e. The molecule has 0 aliphatic carbocycles. The number of carbonyl (C=O) groups excluding carboxylic acids is 4. The normalized spacial score (nSPS) is 22.9. The summed E-state index contributed by atoms with van der Waals surface area (Å²) in [5.41, 5.74) is 3.31. The van der Waals surface area contributed by atoms with Crippen LogP contribution >= 0.6 is 0 Å². The molecule has 4 amide bonds. The summed E-state index contributed by atoms with van der Waals surface area (Å²) in [6.07, 6.45) is 6.93. The number of nitrogens with zero attached hydrogens (tertiary/aromatic N) is 8. The number of amides is 4. The second-order valence-electron chi connectivity index (χ2n) is 19.0. The number of hydrogen-bond donors (Lipinski definition) is 3. The van der Waals surface area contributed by atoms with Crippen molar-refractivity contribution in [3.05, 3.63) is 77.2 Å².